The minimum absolute atomic E-state index is 0.176. The second-order valence-electron chi connectivity index (χ2n) is 5.98. The molecule has 0 spiro atoms. The van der Waals surface area contributed by atoms with Gasteiger partial charge in [0.1, 0.15) is 6.07 Å². The molecule has 0 bridgehead atoms. The van der Waals surface area contributed by atoms with Crippen LogP contribution in [0.25, 0.3) is 0 Å². The number of rotatable bonds is 3. The highest BCUT2D eigenvalue weighted by molar-refractivity contribution is 5.77. The van der Waals surface area contributed by atoms with E-state index < -0.39 is 0 Å². The van der Waals surface area contributed by atoms with Gasteiger partial charge in [-0.05, 0) is 24.5 Å². The van der Waals surface area contributed by atoms with Crippen LogP contribution in [0.4, 0.5) is 0 Å². The Morgan fingerprint density at radius 3 is 2.73 bits per heavy atom. The van der Waals surface area contributed by atoms with Crippen LogP contribution in [0.3, 0.4) is 0 Å². The lowest BCUT2D eigenvalue weighted by Gasteiger charge is -2.39. The van der Waals surface area contributed by atoms with E-state index in [-0.39, 0.29) is 11.8 Å². The highest BCUT2D eigenvalue weighted by Gasteiger charge is 2.34. The zero-order chi connectivity index (χ0) is 15.5. The second-order valence-corrected chi connectivity index (χ2v) is 5.98. The number of hydrogen-bond donors (Lipinski definition) is 0. The van der Waals surface area contributed by atoms with Crippen molar-refractivity contribution in [3.63, 3.8) is 0 Å². The lowest BCUT2D eigenvalue weighted by Crippen LogP contribution is -2.49. The molecule has 1 aromatic heterocycles. The maximum atomic E-state index is 12.2. The summed E-state index contributed by atoms with van der Waals surface area (Å²) in [6.07, 6.45) is 5.18. The molecule has 1 unspecified atom stereocenters. The maximum Gasteiger partial charge on any atom is 0.222 e. The lowest BCUT2D eigenvalue weighted by atomic mass is 9.93. The molecular formula is C16H17N5O. The molecule has 2 aliphatic rings. The molecular weight excluding hydrogens is 278 g/mol. The number of amides is 1. The Balaban J connectivity index is 1.47. The van der Waals surface area contributed by atoms with Crippen LogP contribution in [0.1, 0.15) is 30.0 Å². The van der Waals surface area contributed by atoms with E-state index in [1.807, 2.05) is 11.0 Å². The Hall–Kier alpha value is -2.60. The van der Waals surface area contributed by atoms with E-state index in [0.29, 0.717) is 37.5 Å². The van der Waals surface area contributed by atoms with Crippen molar-refractivity contribution in [2.45, 2.75) is 18.8 Å². The normalized spacial score (nSPS) is 21.1. The summed E-state index contributed by atoms with van der Waals surface area (Å²) in [6, 6.07) is 5.68. The number of nitrogens with zero attached hydrogens (tertiary/aromatic N) is 5. The number of aromatic nitrogens is 1. The molecule has 2 fully saturated rings. The molecule has 6 heteroatoms. The molecule has 0 aliphatic carbocycles. The molecule has 3 rings (SSSR count). The summed E-state index contributed by atoms with van der Waals surface area (Å²) in [5.41, 5.74) is 1.50. The molecule has 3 heterocycles. The van der Waals surface area contributed by atoms with E-state index in [1.165, 1.54) is 0 Å². The summed E-state index contributed by atoms with van der Waals surface area (Å²) < 4.78 is 0. The van der Waals surface area contributed by atoms with Gasteiger partial charge in [0, 0.05) is 50.4 Å². The average Bonchev–Trinajstić information content (AvgIpc) is 2.94. The first-order chi connectivity index (χ1) is 10.7. The van der Waals surface area contributed by atoms with Gasteiger partial charge in [0.05, 0.1) is 5.56 Å². The van der Waals surface area contributed by atoms with Crippen LogP contribution in [-0.4, -0.2) is 46.9 Å². The smallest absolute Gasteiger partial charge is 0.222 e. The predicted octanol–water partition coefficient (Wildman–Crippen LogP) is 1.07. The summed E-state index contributed by atoms with van der Waals surface area (Å²) in [7, 11) is 0. The van der Waals surface area contributed by atoms with Crippen LogP contribution in [0, 0.1) is 28.7 Å². The second kappa shape index (κ2) is 6.03. The van der Waals surface area contributed by atoms with Crippen LogP contribution in [0.15, 0.2) is 18.3 Å². The van der Waals surface area contributed by atoms with Gasteiger partial charge in [0.2, 0.25) is 5.91 Å². The van der Waals surface area contributed by atoms with Crippen molar-refractivity contribution in [2.75, 3.05) is 26.2 Å². The van der Waals surface area contributed by atoms with Crippen molar-refractivity contribution >= 4 is 5.91 Å². The van der Waals surface area contributed by atoms with Crippen LogP contribution in [0.5, 0.6) is 0 Å². The van der Waals surface area contributed by atoms with Gasteiger partial charge in [-0.15, -0.1) is 0 Å². The van der Waals surface area contributed by atoms with Crippen molar-refractivity contribution in [3.8, 4) is 12.3 Å². The highest BCUT2D eigenvalue weighted by atomic mass is 16.2. The Kier molecular flexibility index (Phi) is 3.93. The van der Waals surface area contributed by atoms with Crippen LogP contribution < -0.4 is 0 Å². The van der Waals surface area contributed by atoms with Crippen molar-refractivity contribution in [1.29, 1.82) is 10.5 Å². The summed E-state index contributed by atoms with van der Waals surface area (Å²) in [5, 5.41) is 17.6. The van der Waals surface area contributed by atoms with E-state index in [4.69, 9.17) is 10.5 Å². The summed E-state index contributed by atoms with van der Waals surface area (Å²) in [6.45, 7) is 2.88. The Morgan fingerprint density at radius 2 is 2.14 bits per heavy atom. The Morgan fingerprint density at radius 1 is 1.32 bits per heavy atom. The van der Waals surface area contributed by atoms with E-state index in [2.05, 4.69) is 17.2 Å². The van der Waals surface area contributed by atoms with E-state index in [9.17, 15) is 4.79 Å². The zero-order valence-corrected chi connectivity index (χ0v) is 12.3. The molecule has 1 aromatic rings. The topological polar surface area (TPSA) is 84.0 Å². The third-order valence-electron chi connectivity index (χ3n) is 4.46. The van der Waals surface area contributed by atoms with Crippen molar-refractivity contribution in [2.24, 2.45) is 5.92 Å². The summed E-state index contributed by atoms with van der Waals surface area (Å²) in [4.78, 5) is 20.1. The lowest BCUT2D eigenvalue weighted by molar-refractivity contribution is -0.136. The van der Waals surface area contributed by atoms with Crippen molar-refractivity contribution in [1.82, 2.24) is 14.8 Å². The number of likely N-dealkylation sites (tertiary alicyclic amines) is 2. The molecule has 0 aromatic carbocycles. The fourth-order valence-corrected chi connectivity index (χ4v) is 3.05. The average molecular weight is 295 g/mol. The first-order valence-electron chi connectivity index (χ1n) is 7.48. The van der Waals surface area contributed by atoms with Gasteiger partial charge >= 0.3 is 0 Å². The van der Waals surface area contributed by atoms with E-state index >= 15 is 0 Å². The molecule has 112 valence electrons. The monoisotopic (exact) mass is 295 g/mol. The van der Waals surface area contributed by atoms with Gasteiger partial charge in [-0.1, -0.05) is 0 Å². The van der Waals surface area contributed by atoms with Crippen LogP contribution in [0.2, 0.25) is 0 Å². The van der Waals surface area contributed by atoms with Crippen LogP contribution in [-0.2, 0) is 4.79 Å². The number of carbonyl (C=O) groups excluding carboxylic acids is 1. The van der Waals surface area contributed by atoms with Gasteiger partial charge in [0.25, 0.3) is 0 Å². The first kappa shape index (κ1) is 14.3. The quantitative estimate of drug-likeness (QED) is 0.779. The Labute approximate surface area is 129 Å². The highest BCUT2D eigenvalue weighted by Crippen LogP contribution is 2.28. The van der Waals surface area contributed by atoms with E-state index in [1.54, 1.807) is 17.2 Å². The van der Waals surface area contributed by atoms with E-state index in [0.717, 1.165) is 18.7 Å². The fourth-order valence-electron chi connectivity index (χ4n) is 3.05. The van der Waals surface area contributed by atoms with Gasteiger partial charge in [-0.3, -0.25) is 9.78 Å². The largest absolute Gasteiger partial charge is 0.341 e. The zero-order valence-electron chi connectivity index (χ0n) is 12.3. The van der Waals surface area contributed by atoms with Crippen molar-refractivity contribution in [3.05, 3.63) is 29.6 Å². The predicted molar refractivity (Wildman–Crippen MR) is 78.2 cm³/mol. The number of hydrogen-bond acceptors (Lipinski definition) is 5. The Bertz CT molecular complexity index is 636. The molecule has 1 amide bonds. The van der Waals surface area contributed by atoms with Gasteiger partial charge in [0.15, 0.2) is 6.19 Å². The molecule has 2 aliphatic heterocycles. The molecule has 2 saturated heterocycles. The third-order valence-corrected chi connectivity index (χ3v) is 4.46. The first-order valence-corrected chi connectivity index (χ1v) is 7.48. The SMILES string of the molecule is N#Cc1ccc(C2CN(C(=O)CC3CCN(C#N)C3)C2)nc1. The summed E-state index contributed by atoms with van der Waals surface area (Å²) in [5.74, 6) is 0.754. The summed E-state index contributed by atoms with van der Waals surface area (Å²) >= 11 is 0. The number of pyridine rings is 1. The van der Waals surface area contributed by atoms with Crippen LogP contribution >= 0.6 is 0 Å². The van der Waals surface area contributed by atoms with Gasteiger partial charge < -0.3 is 9.80 Å². The number of carbonyl (C=O) groups is 1. The minimum Gasteiger partial charge on any atom is -0.341 e. The molecule has 0 N–H and O–H groups in total. The molecule has 0 radical (unpaired) electrons. The molecule has 0 saturated carbocycles. The van der Waals surface area contributed by atoms with Crippen molar-refractivity contribution < 1.29 is 4.79 Å². The van der Waals surface area contributed by atoms with Gasteiger partial charge in [-0.25, -0.2) is 0 Å². The standard InChI is InChI=1S/C16H17N5O/c17-6-13-1-2-15(19-7-13)14-9-21(10-14)16(22)5-12-3-4-20(8-12)11-18/h1-2,7,12,14H,3-5,8-10H2. The molecule has 6 nitrogen and oxygen atoms in total. The van der Waals surface area contributed by atoms with Gasteiger partial charge in [-0.2, -0.15) is 10.5 Å². The fraction of sp³-hybridized carbons (Fsp3) is 0.500. The number of nitriles is 2. The molecule has 1 atom stereocenters. The minimum atomic E-state index is 0.176. The third kappa shape index (κ3) is 2.87. The maximum absolute atomic E-state index is 12.2. The molecule has 22 heavy (non-hydrogen) atoms.